The molecule has 3 atom stereocenters. The molecule has 0 spiro atoms. The van der Waals surface area contributed by atoms with E-state index in [1.807, 2.05) is 0 Å². The molecule has 3 unspecified atom stereocenters. The molecule has 1 aromatic rings. The van der Waals surface area contributed by atoms with Gasteiger partial charge in [-0.15, -0.1) is 6.58 Å². The molecular weight excluding hydrogens is 268 g/mol. The van der Waals surface area contributed by atoms with E-state index in [1.165, 1.54) is 31.2 Å². The van der Waals surface area contributed by atoms with Crippen LogP contribution in [0.25, 0.3) is 0 Å². The van der Waals surface area contributed by atoms with Crippen molar-refractivity contribution in [3.63, 3.8) is 0 Å². The van der Waals surface area contributed by atoms with Crippen molar-refractivity contribution in [1.82, 2.24) is 0 Å². The highest BCUT2D eigenvalue weighted by atomic mass is 16.5. The first-order valence-electron chi connectivity index (χ1n) is 8.68. The van der Waals surface area contributed by atoms with Gasteiger partial charge in [-0.2, -0.15) is 0 Å². The number of allylic oxidation sites excluding steroid dienone is 2. The van der Waals surface area contributed by atoms with Gasteiger partial charge in [0.2, 0.25) is 0 Å². The van der Waals surface area contributed by atoms with E-state index in [0.29, 0.717) is 11.5 Å². The Hall–Kier alpha value is -1.34. The van der Waals surface area contributed by atoms with Crippen molar-refractivity contribution < 1.29 is 4.74 Å². The largest absolute Gasteiger partial charge is 0.373 e. The lowest BCUT2D eigenvalue weighted by Gasteiger charge is -2.47. The van der Waals surface area contributed by atoms with Gasteiger partial charge in [-0.3, -0.25) is 0 Å². The highest BCUT2D eigenvalue weighted by molar-refractivity contribution is 5.22. The van der Waals surface area contributed by atoms with Crippen LogP contribution in [0.15, 0.2) is 54.6 Å². The number of fused-ring (bicyclic) bond motifs is 1. The molecule has 2 aliphatic carbocycles. The molecular formula is C21H28O. The van der Waals surface area contributed by atoms with Crippen molar-refractivity contribution in [2.24, 2.45) is 11.3 Å². The zero-order valence-corrected chi connectivity index (χ0v) is 13.8. The average Bonchev–Trinajstić information content (AvgIpc) is 2.55. The van der Waals surface area contributed by atoms with Crippen molar-refractivity contribution in [1.29, 1.82) is 0 Å². The van der Waals surface area contributed by atoms with Crippen molar-refractivity contribution in [2.75, 3.05) is 0 Å². The molecule has 0 amide bonds. The summed E-state index contributed by atoms with van der Waals surface area (Å²) < 4.78 is 6.20. The molecule has 0 heterocycles. The second-order valence-corrected chi connectivity index (χ2v) is 7.11. The monoisotopic (exact) mass is 296 g/mol. The van der Waals surface area contributed by atoms with Crippen LogP contribution in [0.3, 0.4) is 0 Å². The SMILES string of the molecule is C=CCC1CCC=C2CC(OCc3ccccc3)CCC21C. The van der Waals surface area contributed by atoms with Gasteiger partial charge in [0, 0.05) is 0 Å². The molecule has 118 valence electrons. The van der Waals surface area contributed by atoms with Gasteiger partial charge in [-0.25, -0.2) is 0 Å². The Balaban J connectivity index is 1.61. The molecule has 1 saturated carbocycles. The highest BCUT2D eigenvalue weighted by Crippen LogP contribution is 2.52. The van der Waals surface area contributed by atoms with Crippen LogP contribution >= 0.6 is 0 Å². The summed E-state index contributed by atoms with van der Waals surface area (Å²) in [5.74, 6) is 0.778. The quantitative estimate of drug-likeness (QED) is 0.636. The van der Waals surface area contributed by atoms with E-state index in [-0.39, 0.29) is 0 Å². The molecule has 0 bridgehead atoms. The first-order valence-corrected chi connectivity index (χ1v) is 8.68. The Morgan fingerprint density at radius 2 is 2.09 bits per heavy atom. The van der Waals surface area contributed by atoms with Gasteiger partial charge in [0.1, 0.15) is 0 Å². The van der Waals surface area contributed by atoms with E-state index in [9.17, 15) is 0 Å². The second-order valence-electron chi connectivity index (χ2n) is 7.11. The van der Waals surface area contributed by atoms with Crippen LogP contribution in [-0.4, -0.2) is 6.10 Å². The normalized spacial score (nSPS) is 31.2. The van der Waals surface area contributed by atoms with Crippen molar-refractivity contribution in [3.8, 4) is 0 Å². The van der Waals surface area contributed by atoms with Gasteiger partial charge in [0.25, 0.3) is 0 Å². The van der Waals surface area contributed by atoms with Crippen molar-refractivity contribution >= 4 is 0 Å². The summed E-state index contributed by atoms with van der Waals surface area (Å²) in [5, 5.41) is 0. The van der Waals surface area contributed by atoms with Crippen LogP contribution in [0.2, 0.25) is 0 Å². The number of ether oxygens (including phenoxy) is 1. The summed E-state index contributed by atoms with van der Waals surface area (Å²) in [7, 11) is 0. The third-order valence-corrected chi connectivity index (χ3v) is 5.75. The third-order valence-electron chi connectivity index (χ3n) is 5.75. The Morgan fingerprint density at radius 3 is 2.86 bits per heavy atom. The zero-order valence-electron chi connectivity index (χ0n) is 13.8. The molecule has 0 aliphatic heterocycles. The van der Waals surface area contributed by atoms with Crippen molar-refractivity contribution in [2.45, 2.75) is 58.2 Å². The fraction of sp³-hybridized carbons (Fsp3) is 0.524. The number of benzene rings is 1. The van der Waals surface area contributed by atoms with E-state index in [2.05, 4.69) is 56.0 Å². The van der Waals surface area contributed by atoms with Gasteiger partial charge >= 0.3 is 0 Å². The Morgan fingerprint density at radius 1 is 1.27 bits per heavy atom. The molecule has 1 fully saturated rings. The predicted octanol–water partition coefficient (Wildman–Crippen LogP) is 5.67. The lowest BCUT2D eigenvalue weighted by molar-refractivity contribution is -0.000529. The van der Waals surface area contributed by atoms with E-state index < -0.39 is 0 Å². The maximum absolute atomic E-state index is 6.20. The lowest BCUT2D eigenvalue weighted by atomic mass is 9.59. The van der Waals surface area contributed by atoms with Crippen molar-refractivity contribution in [3.05, 3.63) is 60.2 Å². The molecule has 0 saturated heterocycles. The fourth-order valence-electron chi connectivity index (χ4n) is 4.27. The van der Waals surface area contributed by atoms with E-state index >= 15 is 0 Å². The van der Waals surface area contributed by atoms with Crippen LogP contribution in [0.5, 0.6) is 0 Å². The number of rotatable bonds is 5. The maximum atomic E-state index is 6.20. The van der Waals surface area contributed by atoms with Gasteiger partial charge in [0.05, 0.1) is 12.7 Å². The standard InChI is InChI=1S/C21H28O/c1-3-8-18-11-7-12-19-15-20(13-14-21(18,19)2)22-16-17-9-5-4-6-10-17/h3-6,9-10,12,18,20H,1,7-8,11,13-16H2,2H3. The zero-order chi connectivity index (χ0) is 15.4. The maximum Gasteiger partial charge on any atom is 0.0720 e. The van der Waals surface area contributed by atoms with Gasteiger partial charge in [-0.1, -0.05) is 55.0 Å². The first-order chi connectivity index (χ1) is 10.7. The molecule has 2 aliphatic rings. The summed E-state index contributed by atoms with van der Waals surface area (Å²) in [6.07, 6.45) is 12.3. The molecule has 0 N–H and O–H groups in total. The molecule has 0 aromatic heterocycles. The van der Waals surface area contributed by atoms with Crippen LogP contribution in [-0.2, 0) is 11.3 Å². The Labute approximate surface area is 135 Å². The van der Waals surface area contributed by atoms with E-state index in [0.717, 1.165) is 25.4 Å². The minimum absolute atomic E-state index is 0.388. The minimum atomic E-state index is 0.388. The Bertz CT molecular complexity index is 530. The van der Waals surface area contributed by atoms with Gasteiger partial charge in [-0.05, 0) is 55.4 Å². The van der Waals surface area contributed by atoms with Crippen LogP contribution in [0.1, 0.15) is 51.0 Å². The minimum Gasteiger partial charge on any atom is -0.373 e. The fourth-order valence-corrected chi connectivity index (χ4v) is 4.27. The van der Waals surface area contributed by atoms with E-state index in [4.69, 9.17) is 4.74 Å². The summed E-state index contributed by atoms with van der Waals surface area (Å²) in [6.45, 7) is 7.17. The third kappa shape index (κ3) is 3.20. The number of hydrogen-bond acceptors (Lipinski definition) is 1. The summed E-state index contributed by atoms with van der Waals surface area (Å²) in [4.78, 5) is 0. The van der Waals surface area contributed by atoms with Crippen LogP contribution < -0.4 is 0 Å². The summed E-state index contributed by atoms with van der Waals surface area (Å²) in [6, 6.07) is 10.5. The molecule has 22 heavy (non-hydrogen) atoms. The molecule has 1 nitrogen and oxygen atoms in total. The lowest BCUT2D eigenvalue weighted by Crippen LogP contribution is -2.38. The molecule has 0 radical (unpaired) electrons. The molecule has 3 rings (SSSR count). The van der Waals surface area contributed by atoms with Gasteiger partial charge in [0.15, 0.2) is 0 Å². The van der Waals surface area contributed by atoms with E-state index in [1.54, 1.807) is 5.57 Å². The second kappa shape index (κ2) is 6.83. The van der Waals surface area contributed by atoms with Crippen LogP contribution in [0, 0.1) is 11.3 Å². The van der Waals surface area contributed by atoms with Gasteiger partial charge < -0.3 is 4.74 Å². The highest BCUT2D eigenvalue weighted by Gasteiger charge is 2.42. The smallest absolute Gasteiger partial charge is 0.0720 e. The number of hydrogen-bond donors (Lipinski definition) is 0. The summed E-state index contributed by atoms with van der Waals surface area (Å²) >= 11 is 0. The topological polar surface area (TPSA) is 9.23 Å². The molecule has 1 heteroatoms. The average molecular weight is 296 g/mol. The Kier molecular flexibility index (Phi) is 4.83. The predicted molar refractivity (Wildman–Crippen MR) is 92.6 cm³/mol. The summed E-state index contributed by atoms with van der Waals surface area (Å²) in [5.41, 5.74) is 3.31. The molecule has 1 aromatic carbocycles. The van der Waals surface area contributed by atoms with Crippen LogP contribution in [0.4, 0.5) is 0 Å². The first kappa shape index (κ1) is 15.6.